The number of hydrogen-bond acceptors (Lipinski definition) is 2. The van der Waals surface area contributed by atoms with Crippen LogP contribution in [0.4, 0.5) is 13.2 Å². The molecule has 122 valence electrons. The first kappa shape index (κ1) is 16.9. The molecule has 2 aromatic carbocycles. The highest BCUT2D eigenvalue weighted by Crippen LogP contribution is 2.31. The number of alkyl halides is 3. The number of aryl methyl sites for hydroxylation is 1. The van der Waals surface area contributed by atoms with Crippen molar-refractivity contribution < 1.29 is 23.1 Å². The van der Waals surface area contributed by atoms with Gasteiger partial charge in [-0.2, -0.15) is 13.2 Å². The normalized spacial score (nSPS) is 11.3. The van der Waals surface area contributed by atoms with Gasteiger partial charge in [0.15, 0.2) is 0 Å². The molecular weight excluding hydrogens is 307 g/mol. The standard InChI is InChI=1S/C17H16F3NO2/c18-17(19,20)15-4-2-1-3-13(15)11-21-16(23)10-7-12-5-8-14(22)9-6-12/h1-6,8-9,22H,7,10-11H2,(H,21,23). The summed E-state index contributed by atoms with van der Waals surface area (Å²) < 4.78 is 38.5. The maximum Gasteiger partial charge on any atom is 0.416 e. The van der Waals surface area contributed by atoms with E-state index in [-0.39, 0.29) is 30.2 Å². The third-order valence-electron chi connectivity index (χ3n) is 3.38. The number of aromatic hydroxyl groups is 1. The molecule has 3 nitrogen and oxygen atoms in total. The van der Waals surface area contributed by atoms with Gasteiger partial charge in [0.2, 0.25) is 5.91 Å². The van der Waals surface area contributed by atoms with E-state index in [1.807, 2.05) is 0 Å². The molecule has 0 aliphatic heterocycles. The summed E-state index contributed by atoms with van der Waals surface area (Å²) >= 11 is 0. The molecule has 23 heavy (non-hydrogen) atoms. The van der Waals surface area contributed by atoms with Gasteiger partial charge in [0.1, 0.15) is 5.75 Å². The van der Waals surface area contributed by atoms with Crippen molar-refractivity contribution in [2.75, 3.05) is 0 Å². The lowest BCUT2D eigenvalue weighted by molar-refractivity contribution is -0.138. The van der Waals surface area contributed by atoms with E-state index in [0.29, 0.717) is 6.42 Å². The van der Waals surface area contributed by atoms with Crippen LogP contribution >= 0.6 is 0 Å². The molecule has 2 rings (SSSR count). The molecule has 0 fully saturated rings. The fraction of sp³-hybridized carbons (Fsp3) is 0.235. The van der Waals surface area contributed by atoms with Crippen molar-refractivity contribution in [3.63, 3.8) is 0 Å². The van der Waals surface area contributed by atoms with E-state index in [4.69, 9.17) is 5.11 Å². The molecule has 0 atom stereocenters. The summed E-state index contributed by atoms with van der Waals surface area (Å²) in [6.45, 7) is -0.163. The Morgan fingerprint density at radius 3 is 2.35 bits per heavy atom. The van der Waals surface area contributed by atoms with Crippen LogP contribution in [0.15, 0.2) is 48.5 Å². The van der Waals surface area contributed by atoms with E-state index in [9.17, 15) is 18.0 Å². The van der Waals surface area contributed by atoms with Crippen molar-refractivity contribution in [3.8, 4) is 5.75 Å². The lowest BCUT2D eigenvalue weighted by atomic mass is 10.1. The molecule has 0 aliphatic rings. The van der Waals surface area contributed by atoms with Crippen LogP contribution < -0.4 is 5.32 Å². The highest BCUT2D eigenvalue weighted by atomic mass is 19.4. The van der Waals surface area contributed by atoms with Crippen molar-refractivity contribution >= 4 is 5.91 Å². The molecule has 0 radical (unpaired) electrons. The van der Waals surface area contributed by atoms with Crippen molar-refractivity contribution in [2.24, 2.45) is 0 Å². The lowest BCUT2D eigenvalue weighted by Gasteiger charge is -2.13. The summed E-state index contributed by atoms with van der Waals surface area (Å²) in [4.78, 5) is 11.8. The van der Waals surface area contributed by atoms with Gasteiger partial charge in [0.05, 0.1) is 5.56 Å². The van der Waals surface area contributed by atoms with Crippen molar-refractivity contribution in [2.45, 2.75) is 25.6 Å². The number of halogens is 3. The highest BCUT2D eigenvalue weighted by molar-refractivity contribution is 5.76. The van der Waals surface area contributed by atoms with E-state index in [2.05, 4.69) is 5.32 Å². The third-order valence-corrected chi connectivity index (χ3v) is 3.38. The fourth-order valence-corrected chi connectivity index (χ4v) is 2.15. The largest absolute Gasteiger partial charge is 0.508 e. The topological polar surface area (TPSA) is 49.3 Å². The smallest absolute Gasteiger partial charge is 0.416 e. The maximum atomic E-state index is 12.8. The number of phenols is 1. The Kier molecular flexibility index (Phi) is 5.26. The van der Waals surface area contributed by atoms with Gasteiger partial charge < -0.3 is 10.4 Å². The highest BCUT2D eigenvalue weighted by Gasteiger charge is 2.32. The van der Waals surface area contributed by atoms with E-state index < -0.39 is 11.7 Å². The summed E-state index contributed by atoms with van der Waals surface area (Å²) in [6.07, 6.45) is -3.82. The average Bonchev–Trinajstić information content (AvgIpc) is 2.52. The van der Waals surface area contributed by atoms with Gasteiger partial charge in [-0.15, -0.1) is 0 Å². The Morgan fingerprint density at radius 1 is 1.04 bits per heavy atom. The number of rotatable bonds is 5. The number of phenolic OH excluding ortho intramolecular Hbond substituents is 1. The van der Waals surface area contributed by atoms with Crippen LogP contribution in [0.1, 0.15) is 23.1 Å². The summed E-state index contributed by atoms with van der Waals surface area (Å²) in [6, 6.07) is 11.6. The van der Waals surface area contributed by atoms with Crippen LogP contribution in [0.3, 0.4) is 0 Å². The zero-order chi connectivity index (χ0) is 16.9. The minimum absolute atomic E-state index is 0.0398. The Balaban J connectivity index is 1.89. The Morgan fingerprint density at radius 2 is 1.70 bits per heavy atom. The maximum absolute atomic E-state index is 12.8. The molecule has 0 saturated carbocycles. The number of amides is 1. The molecule has 0 bridgehead atoms. The first-order valence-corrected chi connectivity index (χ1v) is 7.06. The van der Waals surface area contributed by atoms with Crippen LogP contribution in [0.2, 0.25) is 0 Å². The summed E-state index contributed by atoms with van der Waals surface area (Å²) in [5, 5.41) is 11.7. The second-order valence-electron chi connectivity index (χ2n) is 5.10. The molecule has 1 amide bonds. The third kappa shape index (κ3) is 5.02. The molecular formula is C17H16F3NO2. The molecule has 0 spiro atoms. The SMILES string of the molecule is O=C(CCc1ccc(O)cc1)NCc1ccccc1C(F)(F)F. The zero-order valence-corrected chi connectivity index (χ0v) is 12.2. The van der Waals surface area contributed by atoms with Gasteiger partial charge in [-0.3, -0.25) is 4.79 Å². The number of nitrogens with one attached hydrogen (secondary N) is 1. The average molecular weight is 323 g/mol. The summed E-state index contributed by atoms with van der Waals surface area (Å²) in [5.74, 6) is -0.183. The first-order chi connectivity index (χ1) is 10.9. The molecule has 0 unspecified atom stereocenters. The van der Waals surface area contributed by atoms with Gasteiger partial charge in [-0.1, -0.05) is 30.3 Å². The molecule has 0 aliphatic carbocycles. The van der Waals surface area contributed by atoms with Crippen LogP contribution in [-0.2, 0) is 23.9 Å². The molecule has 2 N–H and O–H groups in total. The van der Waals surface area contributed by atoms with E-state index in [1.165, 1.54) is 30.3 Å². The minimum Gasteiger partial charge on any atom is -0.508 e. The van der Waals surface area contributed by atoms with Crippen LogP contribution in [0.5, 0.6) is 5.75 Å². The van der Waals surface area contributed by atoms with Gasteiger partial charge >= 0.3 is 6.18 Å². The second-order valence-corrected chi connectivity index (χ2v) is 5.10. The number of hydrogen-bond donors (Lipinski definition) is 2. The van der Waals surface area contributed by atoms with Crippen LogP contribution in [-0.4, -0.2) is 11.0 Å². The molecule has 0 saturated heterocycles. The first-order valence-electron chi connectivity index (χ1n) is 7.06. The predicted molar refractivity (Wildman–Crippen MR) is 79.7 cm³/mol. The van der Waals surface area contributed by atoms with Crippen molar-refractivity contribution in [1.82, 2.24) is 5.32 Å². The van der Waals surface area contributed by atoms with Gasteiger partial charge in [-0.05, 0) is 35.7 Å². The van der Waals surface area contributed by atoms with Gasteiger partial charge in [0.25, 0.3) is 0 Å². The molecule has 6 heteroatoms. The van der Waals surface area contributed by atoms with Crippen molar-refractivity contribution in [3.05, 3.63) is 65.2 Å². The zero-order valence-electron chi connectivity index (χ0n) is 12.2. The van der Waals surface area contributed by atoms with Gasteiger partial charge in [-0.25, -0.2) is 0 Å². The van der Waals surface area contributed by atoms with E-state index >= 15 is 0 Å². The lowest BCUT2D eigenvalue weighted by Crippen LogP contribution is -2.24. The van der Waals surface area contributed by atoms with Gasteiger partial charge in [0, 0.05) is 13.0 Å². The monoisotopic (exact) mass is 323 g/mol. The number of benzene rings is 2. The molecule has 0 aromatic heterocycles. The molecule has 2 aromatic rings. The summed E-state index contributed by atoms with van der Waals surface area (Å²) in [7, 11) is 0. The Labute approximate surface area is 131 Å². The molecule has 0 heterocycles. The second kappa shape index (κ2) is 7.17. The number of carbonyl (C=O) groups is 1. The van der Waals surface area contributed by atoms with E-state index in [1.54, 1.807) is 12.1 Å². The van der Waals surface area contributed by atoms with E-state index in [0.717, 1.165) is 11.6 Å². The van der Waals surface area contributed by atoms with Crippen LogP contribution in [0, 0.1) is 0 Å². The minimum atomic E-state index is -4.44. The predicted octanol–water partition coefficient (Wildman–Crippen LogP) is 3.66. The summed E-state index contributed by atoms with van der Waals surface area (Å²) in [5.41, 5.74) is 0.172. The number of carbonyl (C=O) groups excluding carboxylic acids is 1. The Bertz CT molecular complexity index is 666. The van der Waals surface area contributed by atoms with Crippen LogP contribution in [0.25, 0.3) is 0 Å². The Hall–Kier alpha value is -2.50. The fourth-order valence-electron chi connectivity index (χ4n) is 2.15. The quantitative estimate of drug-likeness (QED) is 0.882. The van der Waals surface area contributed by atoms with Crippen molar-refractivity contribution in [1.29, 1.82) is 0 Å².